The molecule has 0 amide bonds. The normalized spacial score (nSPS) is 21.7. The van der Waals surface area contributed by atoms with Gasteiger partial charge in [0, 0.05) is 12.6 Å². The van der Waals surface area contributed by atoms with Crippen molar-refractivity contribution in [1.82, 2.24) is 10.0 Å². The van der Waals surface area contributed by atoms with E-state index < -0.39 is 21.7 Å². The Bertz CT molecular complexity index is 322. The number of nitrogens with one attached hydrogen (secondary N) is 2. The molecule has 0 aromatic heterocycles. The lowest BCUT2D eigenvalue weighted by Gasteiger charge is -2.23. The second kappa shape index (κ2) is 6.17. The van der Waals surface area contributed by atoms with Crippen LogP contribution in [0, 0.1) is 0 Å². The summed E-state index contributed by atoms with van der Waals surface area (Å²) in [4.78, 5) is 11.0. The van der Waals surface area contributed by atoms with Gasteiger partial charge in [-0.25, -0.2) is 13.1 Å². The van der Waals surface area contributed by atoms with Crippen molar-refractivity contribution < 1.29 is 17.9 Å². The topological polar surface area (TPSA) is 84.5 Å². The van der Waals surface area contributed by atoms with Crippen LogP contribution in [0.4, 0.5) is 0 Å². The van der Waals surface area contributed by atoms with Gasteiger partial charge >= 0.3 is 5.97 Å². The molecule has 0 spiro atoms. The SMILES string of the molecule is CCOC(=O)CS(=O)(=O)NC1CCCNC1. The van der Waals surface area contributed by atoms with Gasteiger partial charge in [-0.1, -0.05) is 0 Å². The molecule has 0 bridgehead atoms. The molecule has 1 aliphatic heterocycles. The summed E-state index contributed by atoms with van der Waals surface area (Å²) in [6.07, 6.45) is 1.74. The van der Waals surface area contributed by atoms with Crippen LogP contribution in [-0.2, 0) is 19.6 Å². The van der Waals surface area contributed by atoms with Crippen molar-refractivity contribution in [1.29, 1.82) is 0 Å². The van der Waals surface area contributed by atoms with E-state index in [0.717, 1.165) is 19.4 Å². The molecule has 6 nitrogen and oxygen atoms in total. The molecule has 0 aromatic rings. The monoisotopic (exact) mass is 250 g/mol. The number of sulfonamides is 1. The summed E-state index contributed by atoms with van der Waals surface area (Å²) in [7, 11) is -3.57. The summed E-state index contributed by atoms with van der Waals surface area (Å²) in [5.41, 5.74) is 0. The number of ether oxygens (including phenoxy) is 1. The highest BCUT2D eigenvalue weighted by Gasteiger charge is 2.22. The third-order valence-corrected chi connectivity index (χ3v) is 3.56. The largest absolute Gasteiger partial charge is 0.465 e. The van der Waals surface area contributed by atoms with Gasteiger partial charge in [-0.3, -0.25) is 4.79 Å². The van der Waals surface area contributed by atoms with Crippen molar-refractivity contribution in [3.8, 4) is 0 Å². The molecule has 2 N–H and O–H groups in total. The lowest BCUT2D eigenvalue weighted by molar-refractivity contribution is -0.139. The summed E-state index contributed by atoms with van der Waals surface area (Å²) in [5.74, 6) is -1.31. The molecule has 94 valence electrons. The minimum Gasteiger partial charge on any atom is -0.465 e. The van der Waals surface area contributed by atoms with Crippen LogP contribution in [-0.4, -0.2) is 45.9 Å². The Kier molecular flexibility index (Phi) is 5.17. The van der Waals surface area contributed by atoms with Crippen molar-refractivity contribution in [2.24, 2.45) is 0 Å². The Labute approximate surface area is 95.8 Å². The maximum absolute atomic E-state index is 11.5. The van der Waals surface area contributed by atoms with E-state index in [1.54, 1.807) is 6.92 Å². The van der Waals surface area contributed by atoms with Crippen LogP contribution in [0.3, 0.4) is 0 Å². The van der Waals surface area contributed by atoms with E-state index >= 15 is 0 Å². The van der Waals surface area contributed by atoms with Crippen LogP contribution in [0.1, 0.15) is 19.8 Å². The molecule has 1 saturated heterocycles. The third-order valence-electron chi connectivity index (χ3n) is 2.26. The van der Waals surface area contributed by atoms with Crippen molar-refractivity contribution in [3.63, 3.8) is 0 Å². The highest BCUT2D eigenvalue weighted by molar-refractivity contribution is 7.90. The molecular formula is C9H18N2O4S. The first-order chi connectivity index (χ1) is 7.53. The predicted molar refractivity (Wildman–Crippen MR) is 59.4 cm³/mol. The van der Waals surface area contributed by atoms with Gasteiger partial charge in [-0.15, -0.1) is 0 Å². The average Bonchev–Trinajstić information content (AvgIpc) is 2.17. The fraction of sp³-hybridized carbons (Fsp3) is 0.889. The molecule has 16 heavy (non-hydrogen) atoms. The van der Waals surface area contributed by atoms with Crippen LogP contribution in [0.25, 0.3) is 0 Å². The van der Waals surface area contributed by atoms with E-state index in [-0.39, 0.29) is 12.6 Å². The summed E-state index contributed by atoms with van der Waals surface area (Å²) < 4.78 is 30.2. The number of hydrogen-bond acceptors (Lipinski definition) is 5. The van der Waals surface area contributed by atoms with Gasteiger partial charge in [0.05, 0.1) is 6.61 Å². The molecule has 1 fully saturated rings. The van der Waals surface area contributed by atoms with Gasteiger partial charge in [0.1, 0.15) is 0 Å². The molecule has 0 aromatic carbocycles. The predicted octanol–water partition coefficient (Wildman–Crippen LogP) is -0.779. The fourth-order valence-corrected chi connectivity index (χ4v) is 2.79. The Balaban J connectivity index is 2.41. The Morgan fingerprint density at radius 2 is 2.31 bits per heavy atom. The van der Waals surface area contributed by atoms with Gasteiger partial charge in [-0.2, -0.15) is 0 Å². The molecule has 1 unspecified atom stereocenters. The molecule has 0 saturated carbocycles. The first-order valence-corrected chi connectivity index (χ1v) is 7.05. The smallest absolute Gasteiger partial charge is 0.322 e. The summed E-state index contributed by atoms with van der Waals surface area (Å²) in [6, 6.07) is -0.117. The molecule has 0 aliphatic carbocycles. The average molecular weight is 250 g/mol. The minimum atomic E-state index is -3.57. The van der Waals surface area contributed by atoms with E-state index in [1.165, 1.54) is 0 Å². The number of rotatable bonds is 5. The first-order valence-electron chi connectivity index (χ1n) is 5.40. The lowest BCUT2D eigenvalue weighted by Crippen LogP contribution is -2.47. The molecular weight excluding hydrogens is 232 g/mol. The zero-order valence-corrected chi connectivity index (χ0v) is 10.2. The van der Waals surface area contributed by atoms with Gasteiger partial charge in [-0.05, 0) is 26.3 Å². The van der Waals surface area contributed by atoms with Crippen LogP contribution in [0.15, 0.2) is 0 Å². The molecule has 1 aliphatic rings. The summed E-state index contributed by atoms with van der Waals surface area (Å²) >= 11 is 0. The van der Waals surface area contributed by atoms with Crippen LogP contribution in [0.2, 0.25) is 0 Å². The second-order valence-corrected chi connectivity index (χ2v) is 5.48. The maximum Gasteiger partial charge on any atom is 0.322 e. The highest BCUT2D eigenvalue weighted by atomic mass is 32.2. The minimum absolute atomic E-state index is 0.117. The van der Waals surface area contributed by atoms with E-state index in [1.807, 2.05) is 0 Å². The number of carbonyl (C=O) groups excluding carboxylic acids is 1. The van der Waals surface area contributed by atoms with Gasteiger partial charge in [0.25, 0.3) is 0 Å². The van der Waals surface area contributed by atoms with E-state index in [9.17, 15) is 13.2 Å². The van der Waals surface area contributed by atoms with Crippen molar-refractivity contribution in [2.75, 3.05) is 25.4 Å². The fourth-order valence-electron chi connectivity index (χ4n) is 1.61. The Morgan fingerprint density at radius 1 is 1.56 bits per heavy atom. The van der Waals surface area contributed by atoms with Crippen LogP contribution in [0.5, 0.6) is 0 Å². The third kappa shape index (κ3) is 4.91. The first kappa shape index (κ1) is 13.4. The second-order valence-electron chi connectivity index (χ2n) is 3.73. The summed E-state index contributed by atoms with van der Waals surface area (Å²) in [6.45, 7) is 3.36. The molecule has 0 radical (unpaired) electrons. The van der Waals surface area contributed by atoms with Crippen LogP contribution >= 0.6 is 0 Å². The Morgan fingerprint density at radius 3 is 2.88 bits per heavy atom. The zero-order chi connectivity index (χ0) is 12.0. The molecule has 7 heteroatoms. The van der Waals surface area contributed by atoms with Gasteiger partial charge in [0.2, 0.25) is 10.0 Å². The standard InChI is InChI=1S/C9H18N2O4S/c1-2-15-9(12)7-16(13,14)11-8-4-3-5-10-6-8/h8,10-11H,2-7H2,1H3. The van der Waals surface area contributed by atoms with Crippen molar-refractivity contribution in [3.05, 3.63) is 0 Å². The van der Waals surface area contributed by atoms with E-state index in [4.69, 9.17) is 0 Å². The summed E-state index contributed by atoms with van der Waals surface area (Å²) in [5, 5.41) is 3.09. The van der Waals surface area contributed by atoms with E-state index in [2.05, 4.69) is 14.8 Å². The van der Waals surface area contributed by atoms with Crippen molar-refractivity contribution in [2.45, 2.75) is 25.8 Å². The number of piperidine rings is 1. The lowest BCUT2D eigenvalue weighted by atomic mass is 10.1. The van der Waals surface area contributed by atoms with Crippen molar-refractivity contribution >= 4 is 16.0 Å². The van der Waals surface area contributed by atoms with Gasteiger partial charge in [0.15, 0.2) is 5.75 Å². The quantitative estimate of drug-likeness (QED) is 0.625. The Hall–Kier alpha value is -0.660. The number of carbonyl (C=O) groups is 1. The number of hydrogen-bond donors (Lipinski definition) is 2. The number of esters is 1. The zero-order valence-electron chi connectivity index (χ0n) is 9.36. The molecule has 1 atom stereocenters. The molecule has 1 heterocycles. The van der Waals surface area contributed by atoms with E-state index in [0.29, 0.717) is 6.54 Å². The van der Waals surface area contributed by atoms with Gasteiger partial charge < -0.3 is 10.1 Å². The maximum atomic E-state index is 11.5. The highest BCUT2D eigenvalue weighted by Crippen LogP contribution is 2.03. The molecule has 1 rings (SSSR count). The van der Waals surface area contributed by atoms with Crippen LogP contribution < -0.4 is 10.0 Å².